The van der Waals surface area contributed by atoms with Gasteiger partial charge in [-0.1, -0.05) is 26.2 Å². The van der Waals surface area contributed by atoms with Gasteiger partial charge in [-0.15, -0.1) is 0 Å². The normalized spacial score (nSPS) is 15.0. The molecule has 0 spiro atoms. The second-order valence-electron chi connectivity index (χ2n) is 6.00. The summed E-state index contributed by atoms with van der Waals surface area (Å²) in [5.74, 6) is -0.854. The number of aryl methyl sites for hydroxylation is 1. The molecular weight excluding hydrogens is 310 g/mol. The summed E-state index contributed by atoms with van der Waals surface area (Å²) in [5, 5.41) is 4.02. The van der Waals surface area contributed by atoms with Crippen LogP contribution in [0.1, 0.15) is 55.9 Å². The van der Waals surface area contributed by atoms with Gasteiger partial charge >= 0.3 is 5.97 Å². The minimum absolute atomic E-state index is 0.0503. The lowest BCUT2D eigenvalue weighted by Crippen LogP contribution is -2.35. The molecule has 0 aliphatic carbocycles. The Kier molecular flexibility index (Phi) is 6.96. The summed E-state index contributed by atoms with van der Waals surface area (Å²) in [5.41, 5.74) is -0.199. The van der Waals surface area contributed by atoms with Gasteiger partial charge in [0.05, 0.1) is 0 Å². The molecule has 2 rings (SSSR count). The summed E-state index contributed by atoms with van der Waals surface area (Å²) in [6.07, 6.45) is 5.97. The van der Waals surface area contributed by atoms with Crippen molar-refractivity contribution in [1.29, 1.82) is 0 Å². The van der Waals surface area contributed by atoms with Gasteiger partial charge in [0.25, 0.3) is 11.5 Å². The number of hydrogen-bond donors (Lipinski definition) is 0. The topological polar surface area (TPSA) is 81.5 Å². The van der Waals surface area contributed by atoms with Crippen LogP contribution in [0.3, 0.4) is 0 Å². The van der Waals surface area contributed by atoms with Crippen molar-refractivity contribution in [2.75, 3.05) is 19.7 Å². The average Bonchev–Trinajstić information content (AvgIpc) is 2.88. The molecule has 0 aromatic carbocycles. The van der Waals surface area contributed by atoms with Crippen molar-refractivity contribution in [1.82, 2.24) is 14.7 Å². The number of likely N-dealkylation sites (tertiary alicyclic amines) is 1. The number of ether oxygens (including phenoxy) is 1. The van der Waals surface area contributed by atoms with Gasteiger partial charge in [-0.2, -0.15) is 5.10 Å². The van der Waals surface area contributed by atoms with Crippen LogP contribution in [0.15, 0.2) is 16.9 Å². The first-order valence-corrected chi connectivity index (χ1v) is 8.65. The van der Waals surface area contributed by atoms with Crippen molar-refractivity contribution in [3.05, 3.63) is 28.2 Å². The van der Waals surface area contributed by atoms with E-state index in [2.05, 4.69) is 5.10 Å². The molecule has 1 amide bonds. The third-order valence-corrected chi connectivity index (χ3v) is 4.08. The third kappa shape index (κ3) is 5.18. The van der Waals surface area contributed by atoms with Gasteiger partial charge in [0, 0.05) is 25.7 Å². The van der Waals surface area contributed by atoms with Crippen LogP contribution in [0.2, 0.25) is 0 Å². The minimum Gasteiger partial charge on any atom is -0.451 e. The van der Waals surface area contributed by atoms with E-state index in [4.69, 9.17) is 4.74 Å². The number of carbonyl (C=O) groups excluding carboxylic acids is 2. The maximum absolute atomic E-state index is 12.1. The lowest BCUT2D eigenvalue weighted by Gasteiger charge is -2.19. The van der Waals surface area contributed by atoms with E-state index in [1.807, 2.05) is 6.92 Å². The van der Waals surface area contributed by atoms with E-state index in [-0.39, 0.29) is 23.8 Å². The molecule has 1 aliphatic rings. The lowest BCUT2D eigenvalue weighted by molar-refractivity contribution is -0.134. The number of hydrogen-bond acceptors (Lipinski definition) is 5. The maximum Gasteiger partial charge on any atom is 0.359 e. The molecule has 0 bridgehead atoms. The fourth-order valence-electron chi connectivity index (χ4n) is 2.64. The number of unbranched alkanes of at least 4 members (excludes halogenated alkanes) is 1. The molecule has 0 atom stereocenters. The smallest absolute Gasteiger partial charge is 0.359 e. The molecule has 1 aromatic rings. The van der Waals surface area contributed by atoms with Gasteiger partial charge in [-0.3, -0.25) is 9.59 Å². The molecule has 1 aromatic heterocycles. The quantitative estimate of drug-likeness (QED) is 0.738. The largest absolute Gasteiger partial charge is 0.451 e. The number of amides is 1. The fraction of sp³-hybridized carbons (Fsp3) is 0.647. The highest BCUT2D eigenvalue weighted by atomic mass is 16.5. The number of nitrogens with zero attached hydrogens (tertiary/aromatic N) is 3. The Morgan fingerprint density at radius 3 is 2.54 bits per heavy atom. The first kappa shape index (κ1) is 18.2. The van der Waals surface area contributed by atoms with E-state index in [0.29, 0.717) is 6.54 Å². The number of rotatable bonds is 6. The van der Waals surface area contributed by atoms with Crippen LogP contribution < -0.4 is 5.56 Å². The molecule has 7 nitrogen and oxygen atoms in total. The zero-order valence-electron chi connectivity index (χ0n) is 14.2. The second-order valence-corrected chi connectivity index (χ2v) is 6.00. The van der Waals surface area contributed by atoms with E-state index in [1.165, 1.54) is 16.8 Å². The van der Waals surface area contributed by atoms with E-state index in [1.54, 1.807) is 4.90 Å². The Labute approximate surface area is 141 Å². The molecule has 1 fully saturated rings. The van der Waals surface area contributed by atoms with E-state index < -0.39 is 5.97 Å². The number of carbonyl (C=O) groups is 2. The summed E-state index contributed by atoms with van der Waals surface area (Å²) < 4.78 is 6.34. The van der Waals surface area contributed by atoms with Crippen molar-refractivity contribution in [2.24, 2.45) is 0 Å². The fourth-order valence-corrected chi connectivity index (χ4v) is 2.64. The summed E-state index contributed by atoms with van der Waals surface area (Å²) in [6.45, 7) is 3.63. The summed E-state index contributed by atoms with van der Waals surface area (Å²) in [7, 11) is 0. The van der Waals surface area contributed by atoms with Crippen molar-refractivity contribution < 1.29 is 14.3 Å². The number of aromatic nitrogens is 2. The van der Waals surface area contributed by atoms with Crippen LogP contribution in [0.25, 0.3) is 0 Å². The van der Waals surface area contributed by atoms with Gasteiger partial charge in [0.1, 0.15) is 0 Å². The standard InChI is InChI=1S/C17H25N3O4/c1-2-3-12-20-15(21)9-8-14(18-20)17(23)24-13-16(22)19-10-6-4-5-7-11-19/h8-9H,2-7,10-13H2,1H3. The predicted octanol–water partition coefficient (Wildman–Crippen LogP) is 1.60. The Hall–Kier alpha value is -2.18. The molecule has 132 valence electrons. The van der Waals surface area contributed by atoms with Gasteiger partial charge in [0.15, 0.2) is 12.3 Å². The van der Waals surface area contributed by atoms with Crippen molar-refractivity contribution in [3.63, 3.8) is 0 Å². The lowest BCUT2D eigenvalue weighted by atomic mass is 10.2. The highest BCUT2D eigenvalue weighted by Crippen LogP contribution is 2.10. The Bertz CT molecular complexity index is 619. The molecule has 0 saturated carbocycles. The third-order valence-electron chi connectivity index (χ3n) is 4.08. The summed E-state index contributed by atoms with van der Waals surface area (Å²) in [6, 6.07) is 2.64. The SMILES string of the molecule is CCCCn1nc(C(=O)OCC(=O)N2CCCCCC2)ccc1=O. The van der Waals surface area contributed by atoms with E-state index in [0.717, 1.165) is 51.6 Å². The molecule has 0 radical (unpaired) electrons. The minimum atomic E-state index is -0.677. The second kappa shape index (κ2) is 9.20. The molecule has 1 saturated heterocycles. The molecule has 0 unspecified atom stereocenters. The number of esters is 1. The van der Waals surface area contributed by atoms with Gasteiger partial charge in [-0.25, -0.2) is 9.48 Å². The van der Waals surface area contributed by atoms with Crippen LogP contribution in [-0.2, 0) is 16.1 Å². The molecule has 2 heterocycles. The Balaban J connectivity index is 1.91. The summed E-state index contributed by atoms with van der Waals surface area (Å²) in [4.78, 5) is 37.6. The zero-order valence-corrected chi connectivity index (χ0v) is 14.2. The first-order valence-electron chi connectivity index (χ1n) is 8.65. The monoisotopic (exact) mass is 335 g/mol. The van der Waals surface area contributed by atoms with Crippen LogP contribution in [0, 0.1) is 0 Å². The van der Waals surface area contributed by atoms with Gasteiger partial charge in [0.2, 0.25) is 0 Å². The molecule has 24 heavy (non-hydrogen) atoms. The van der Waals surface area contributed by atoms with Crippen LogP contribution >= 0.6 is 0 Å². The predicted molar refractivity (Wildman–Crippen MR) is 88.7 cm³/mol. The highest BCUT2D eigenvalue weighted by Gasteiger charge is 2.18. The first-order chi connectivity index (χ1) is 11.6. The van der Waals surface area contributed by atoms with Gasteiger partial charge in [-0.05, 0) is 25.3 Å². The molecule has 0 N–H and O–H groups in total. The van der Waals surface area contributed by atoms with E-state index >= 15 is 0 Å². The highest BCUT2D eigenvalue weighted by molar-refractivity contribution is 5.89. The molecule has 1 aliphatic heterocycles. The Morgan fingerprint density at radius 2 is 1.88 bits per heavy atom. The van der Waals surface area contributed by atoms with Crippen LogP contribution in [0.4, 0.5) is 0 Å². The Morgan fingerprint density at radius 1 is 1.17 bits per heavy atom. The van der Waals surface area contributed by atoms with Crippen molar-refractivity contribution in [3.8, 4) is 0 Å². The zero-order chi connectivity index (χ0) is 17.4. The maximum atomic E-state index is 12.1. The summed E-state index contributed by atoms with van der Waals surface area (Å²) >= 11 is 0. The van der Waals surface area contributed by atoms with Gasteiger partial charge < -0.3 is 9.64 Å². The van der Waals surface area contributed by atoms with Crippen LogP contribution in [-0.4, -0.2) is 46.3 Å². The van der Waals surface area contributed by atoms with E-state index in [9.17, 15) is 14.4 Å². The van der Waals surface area contributed by atoms with Crippen molar-refractivity contribution >= 4 is 11.9 Å². The molecule has 7 heteroatoms. The van der Waals surface area contributed by atoms with Crippen molar-refractivity contribution in [2.45, 2.75) is 52.0 Å². The molecular formula is C17H25N3O4. The van der Waals surface area contributed by atoms with Crippen LogP contribution in [0.5, 0.6) is 0 Å². The average molecular weight is 335 g/mol.